The minimum atomic E-state index is -0.293. The van der Waals surface area contributed by atoms with Gasteiger partial charge >= 0.3 is 6.09 Å². The molecule has 27 heavy (non-hydrogen) atoms. The molecule has 1 aromatic rings. The maximum absolute atomic E-state index is 11.6. The van der Waals surface area contributed by atoms with Gasteiger partial charge in [0.2, 0.25) is 0 Å². The molecule has 0 spiro atoms. The Hall–Kier alpha value is -2.74. The summed E-state index contributed by atoms with van der Waals surface area (Å²) in [7, 11) is 3.28. The first-order valence-corrected chi connectivity index (χ1v) is 8.87. The highest BCUT2D eigenvalue weighted by Gasteiger charge is 2.23. The average molecular weight is 377 g/mol. The lowest BCUT2D eigenvalue weighted by Gasteiger charge is -2.13. The Labute approximate surface area is 161 Å². The van der Waals surface area contributed by atoms with Gasteiger partial charge in [0.05, 0.1) is 18.4 Å². The lowest BCUT2D eigenvalue weighted by atomic mass is 10.1. The van der Waals surface area contributed by atoms with E-state index in [0.29, 0.717) is 13.2 Å². The zero-order valence-corrected chi connectivity index (χ0v) is 16.6. The number of hydrogen-bond acceptors (Lipinski definition) is 7. The fraction of sp³-hybridized carbons (Fsp3) is 0.474. The van der Waals surface area contributed by atoms with Crippen LogP contribution in [-0.2, 0) is 16.0 Å². The van der Waals surface area contributed by atoms with E-state index in [2.05, 4.69) is 27.3 Å². The van der Waals surface area contributed by atoms with E-state index < -0.39 is 0 Å². The molecule has 1 amide bonds. The van der Waals surface area contributed by atoms with Crippen molar-refractivity contribution in [1.82, 2.24) is 10.4 Å². The van der Waals surface area contributed by atoms with Crippen LogP contribution in [0.15, 0.2) is 35.2 Å². The second kappa shape index (κ2) is 15.5. The summed E-state index contributed by atoms with van der Waals surface area (Å²) in [6.45, 7) is 4.49. The van der Waals surface area contributed by atoms with Crippen molar-refractivity contribution >= 4 is 24.3 Å². The quantitative estimate of drug-likeness (QED) is 0.429. The number of nitrogens with one attached hydrogen (secondary N) is 1. The largest absolute Gasteiger partial charge is 0.447 e. The fourth-order valence-electron chi connectivity index (χ4n) is 2.31. The first kappa shape index (κ1) is 24.3. The van der Waals surface area contributed by atoms with E-state index in [0.717, 1.165) is 36.8 Å². The third-order valence-corrected chi connectivity index (χ3v) is 3.51. The van der Waals surface area contributed by atoms with Crippen molar-refractivity contribution in [3.8, 4) is 0 Å². The van der Waals surface area contributed by atoms with Crippen LogP contribution in [-0.4, -0.2) is 50.8 Å². The van der Waals surface area contributed by atoms with Gasteiger partial charge in [-0.3, -0.25) is 9.88 Å². The van der Waals surface area contributed by atoms with Crippen molar-refractivity contribution in [2.24, 2.45) is 10.8 Å². The number of carbonyl (C=O) groups is 2. The lowest BCUT2D eigenvalue weighted by molar-refractivity contribution is -0.106. The van der Waals surface area contributed by atoms with Crippen LogP contribution in [0, 0.1) is 0 Å². The number of amides is 1. The molecule has 0 unspecified atom stereocenters. The molecule has 1 aliphatic heterocycles. The Morgan fingerprint density at radius 2 is 2.11 bits per heavy atom. The molecule has 0 bridgehead atoms. The number of hydrogen-bond donors (Lipinski definition) is 2. The van der Waals surface area contributed by atoms with Gasteiger partial charge in [0, 0.05) is 19.5 Å². The number of cyclic esters (lactones) is 1. The molecule has 1 saturated heterocycles. The van der Waals surface area contributed by atoms with E-state index in [9.17, 15) is 4.79 Å². The summed E-state index contributed by atoms with van der Waals surface area (Å²) in [6, 6.07) is 2.01. The van der Waals surface area contributed by atoms with E-state index >= 15 is 0 Å². The SMILES string of the molecule is C/C=C(/C=N\NC)CCCc1cncc(N2CCOC2=O)c1.CC=O.CN. The highest BCUT2D eigenvalue weighted by atomic mass is 16.6. The number of anilines is 1. The first-order valence-electron chi connectivity index (χ1n) is 8.87. The topological polar surface area (TPSA) is 110 Å². The van der Waals surface area contributed by atoms with Crippen LogP contribution in [0.25, 0.3) is 0 Å². The third kappa shape index (κ3) is 9.50. The minimum absolute atomic E-state index is 0.293. The highest BCUT2D eigenvalue weighted by molar-refractivity contribution is 5.89. The number of nitrogens with two attached hydrogens (primary N) is 1. The molecule has 1 aromatic heterocycles. The van der Waals surface area contributed by atoms with Crippen LogP contribution in [0.2, 0.25) is 0 Å². The van der Waals surface area contributed by atoms with Gasteiger partial charge in [0.25, 0.3) is 0 Å². The average Bonchev–Trinajstić information content (AvgIpc) is 3.13. The predicted octanol–water partition coefficient (Wildman–Crippen LogP) is 2.29. The smallest absolute Gasteiger partial charge is 0.414 e. The molecule has 0 radical (unpaired) electrons. The number of rotatable bonds is 7. The number of aldehydes is 1. The molecule has 1 aliphatic rings. The molecule has 0 atom stereocenters. The molecule has 8 nitrogen and oxygen atoms in total. The van der Waals surface area contributed by atoms with Crippen LogP contribution in [0.3, 0.4) is 0 Å². The van der Waals surface area contributed by atoms with Gasteiger partial charge in [-0.1, -0.05) is 6.08 Å². The number of aromatic nitrogens is 1. The van der Waals surface area contributed by atoms with Crippen LogP contribution in [0.4, 0.5) is 10.5 Å². The number of hydrazone groups is 1. The number of carbonyl (C=O) groups excluding carboxylic acids is 2. The molecule has 8 heteroatoms. The summed E-state index contributed by atoms with van der Waals surface area (Å²) >= 11 is 0. The number of nitrogens with zero attached hydrogens (tertiary/aromatic N) is 3. The molecule has 0 aromatic carbocycles. The second-order valence-electron chi connectivity index (χ2n) is 5.25. The summed E-state index contributed by atoms with van der Waals surface area (Å²) in [5.74, 6) is 0. The lowest BCUT2D eigenvalue weighted by Crippen LogP contribution is -2.23. The molecule has 1 fully saturated rings. The third-order valence-electron chi connectivity index (χ3n) is 3.51. The van der Waals surface area contributed by atoms with E-state index in [4.69, 9.17) is 9.53 Å². The van der Waals surface area contributed by atoms with Crippen LogP contribution in [0.5, 0.6) is 0 Å². The standard InChI is InChI=1S/C16H22N4O2.C2H4O.CH5N/c1-3-13(11-19-17-2)5-4-6-14-9-15(12-18-10-14)20-7-8-22-16(20)21;1-2-3;1-2/h3,9-12,17H,4-8H2,1-2H3;2H,1H3;2H2,1H3/b13-3+,19-11-;;. The zero-order valence-electron chi connectivity index (χ0n) is 16.6. The van der Waals surface area contributed by atoms with Crippen molar-refractivity contribution in [3.05, 3.63) is 35.7 Å². The number of allylic oxidation sites excluding steroid dienone is 2. The van der Waals surface area contributed by atoms with Crippen molar-refractivity contribution in [3.63, 3.8) is 0 Å². The monoisotopic (exact) mass is 377 g/mol. The van der Waals surface area contributed by atoms with Crippen LogP contribution >= 0.6 is 0 Å². The van der Waals surface area contributed by atoms with E-state index in [-0.39, 0.29) is 6.09 Å². The second-order valence-corrected chi connectivity index (χ2v) is 5.25. The highest BCUT2D eigenvalue weighted by Crippen LogP contribution is 2.20. The Morgan fingerprint density at radius 3 is 2.67 bits per heavy atom. The molecular formula is C19H31N5O3. The summed E-state index contributed by atoms with van der Waals surface area (Å²) in [6.07, 6.45) is 10.8. The molecule has 2 heterocycles. The predicted molar refractivity (Wildman–Crippen MR) is 109 cm³/mol. The van der Waals surface area contributed by atoms with Crippen LogP contribution < -0.4 is 16.1 Å². The van der Waals surface area contributed by atoms with Gasteiger partial charge in [-0.2, -0.15) is 5.10 Å². The zero-order chi connectivity index (χ0) is 20.5. The van der Waals surface area contributed by atoms with Gasteiger partial charge in [0.15, 0.2) is 0 Å². The van der Waals surface area contributed by atoms with Crippen molar-refractivity contribution in [2.75, 3.05) is 32.1 Å². The Kier molecular flexibility index (Phi) is 13.9. The van der Waals surface area contributed by atoms with Crippen molar-refractivity contribution in [1.29, 1.82) is 0 Å². The Balaban J connectivity index is 0.00000123. The summed E-state index contributed by atoms with van der Waals surface area (Å²) in [5, 5.41) is 4.03. The normalized spacial score (nSPS) is 13.3. The molecular weight excluding hydrogens is 346 g/mol. The molecule has 2 rings (SSSR count). The molecule has 0 aliphatic carbocycles. The van der Waals surface area contributed by atoms with Crippen molar-refractivity contribution in [2.45, 2.75) is 33.1 Å². The maximum atomic E-state index is 11.6. The van der Waals surface area contributed by atoms with Crippen LogP contribution in [0.1, 0.15) is 32.3 Å². The molecule has 150 valence electrons. The molecule has 3 N–H and O–H groups in total. The minimum Gasteiger partial charge on any atom is -0.447 e. The number of aryl methyl sites for hydroxylation is 1. The van der Waals surface area contributed by atoms with Gasteiger partial charge in [-0.05, 0) is 57.4 Å². The maximum Gasteiger partial charge on any atom is 0.414 e. The van der Waals surface area contributed by atoms with Gasteiger partial charge < -0.3 is 20.7 Å². The molecule has 0 saturated carbocycles. The first-order chi connectivity index (χ1) is 13.2. The van der Waals surface area contributed by atoms with E-state index in [1.807, 2.05) is 25.4 Å². The summed E-state index contributed by atoms with van der Waals surface area (Å²) < 4.78 is 4.96. The van der Waals surface area contributed by atoms with Gasteiger partial charge in [0.1, 0.15) is 12.9 Å². The summed E-state index contributed by atoms with van der Waals surface area (Å²) in [5.41, 5.74) is 10.4. The summed E-state index contributed by atoms with van der Waals surface area (Å²) in [4.78, 5) is 26.2. The van der Waals surface area contributed by atoms with Crippen molar-refractivity contribution < 1.29 is 14.3 Å². The van der Waals surface area contributed by atoms with Gasteiger partial charge in [-0.25, -0.2) is 4.79 Å². The van der Waals surface area contributed by atoms with E-state index in [1.54, 1.807) is 18.1 Å². The Morgan fingerprint density at radius 1 is 1.41 bits per heavy atom. The van der Waals surface area contributed by atoms with Gasteiger partial charge in [-0.15, -0.1) is 0 Å². The Bertz CT molecular complexity index is 617. The van der Waals surface area contributed by atoms with E-state index in [1.165, 1.54) is 19.5 Å². The fourth-order valence-corrected chi connectivity index (χ4v) is 2.31. The number of pyridine rings is 1. The number of ether oxygens (including phenoxy) is 1.